The Hall–Kier alpha value is -1.29. The lowest BCUT2D eigenvalue weighted by molar-refractivity contribution is 0.235. The maximum atomic E-state index is 12.2. The number of piperazine rings is 1. The van der Waals surface area contributed by atoms with Gasteiger partial charge >= 0.3 is 0 Å². The number of anilines is 2. The Morgan fingerprint density at radius 3 is 2.53 bits per heavy atom. The van der Waals surface area contributed by atoms with Gasteiger partial charge in [-0.15, -0.1) is 0 Å². The zero-order chi connectivity index (χ0) is 12.3. The van der Waals surface area contributed by atoms with Crippen molar-refractivity contribution in [3.63, 3.8) is 0 Å². The molecule has 2 rings (SSSR count). The average molecular weight is 237 g/mol. The second kappa shape index (κ2) is 5.36. The molecule has 2 N–H and O–H groups in total. The highest BCUT2D eigenvalue weighted by atomic mass is 19.1. The second-order valence-electron chi connectivity index (χ2n) is 4.56. The molecule has 1 aliphatic rings. The number of alkyl halides is 1. The molecule has 1 aromatic rings. The lowest BCUT2D eigenvalue weighted by Crippen LogP contribution is -2.47. The van der Waals surface area contributed by atoms with Crippen LogP contribution in [0.5, 0.6) is 0 Å². The van der Waals surface area contributed by atoms with Crippen LogP contribution in [-0.2, 0) is 0 Å². The minimum absolute atomic E-state index is 0.249. The van der Waals surface area contributed by atoms with Gasteiger partial charge in [-0.1, -0.05) is 0 Å². The molecule has 4 heteroatoms. The number of halogens is 1. The molecule has 17 heavy (non-hydrogen) atoms. The zero-order valence-electron chi connectivity index (χ0n) is 10.3. The molecule has 1 heterocycles. The van der Waals surface area contributed by atoms with E-state index >= 15 is 0 Å². The van der Waals surface area contributed by atoms with Gasteiger partial charge in [-0.3, -0.25) is 4.90 Å². The lowest BCUT2D eigenvalue weighted by Gasteiger charge is -2.35. The van der Waals surface area contributed by atoms with Crippen molar-refractivity contribution in [3.8, 4) is 0 Å². The van der Waals surface area contributed by atoms with Crippen LogP contribution in [0.3, 0.4) is 0 Å². The first-order chi connectivity index (χ1) is 8.20. The van der Waals surface area contributed by atoms with Crippen molar-refractivity contribution >= 4 is 11.4 Å². The summed E-state index contributed by atoms with van der Waals surface area (Å²) in [5.74, 6) is 0. The third-order valence-electron chi connectivity index (χ3n) is 3.39. The van der Waals surface area contributed by atoms with Gasteiger partial charge in [0, 0.05) is 44.1 Å². The van der Waals surface area contributed by atoms with Crippen LogP contribution in [0.1, 0.15) is 5.56 Å². The van der Waals surface area contributed by atoms with Gasteiger partial charge in [0.1, 0.15) is 6.67 Å². The van der Waals surface area contributed by atoms with Crippen LogP contribution < -0.4 is 10.6 Å². The standard InChI is InChI=1S/C13H20FN3/c1-11-10-12(2-3-13(11)15)17-8-6-16(5-4-14)7-9-17/h2-3,10H,4-9,15H2,1H3. The molecule has 94 valence electrons. The molecule has 0 saturated carbocycles. The van der Waals surface area contributed by atoms with E-state index in [9.17, 15) is 4.39 Å². The van der Waals surface area contributed by atoms with Gasteiger partial charge in [-0.05, 0) is 30.7 Å². The third-order valence-corrected chi connectivity index (χ3v) is 3.39. The van der Waals surface area contributed by atoms with E-state index in [1.54, 1.807) is 0 Å². The molecule has 1 saturated heterocycles. The summed E-state index contributed by atoms with van der Waals surface area (Å²) in [5.41, 5.74) is 8.99. The summed E-state index contributed by atoms with van der Waals surface area (Å²) in [6.45, 7) is 6.14. The highest BCUT2D eigenvalue weighted by molar-refractivity contribution is 5.58. The van der Waals surface area contributed by atoms with Crippen LogP contribution in [0.2, 0.25) is 0 Å². The van der Waals surface area contributed by atoms with E-state index in [0.29, 0.717) is 6.54 Å². The summed E-state index contributed by atoms with van der Waals surface area (Å²) in [6.07, 6.45) is 0. The monoisotopic (exact) mass is 237 g/mol. The molecule has 0 amide bonds. The quantitative estimate of drug-likeness (QED) is 0.812. The number of aryl methyl sites for hydroxylation is 1. The molecule has 1 aliphatic heterocycles. The summed E-state index contributed by atoms with van der Waals surface area (Å²) >= 11 is 0. The van der Waals surface area contributed by atoms with Crippen molar-refractivity contribution in [3.05, 3.63) is 23.8 Å². The van der Waals surface area contributed by atoms with E-state index in [4.69, 9.17) is 5.73 Å². The maximum Gasteiger partial charge on any atom is 0.102 e. The minimum atomic E-state index is -0.249. The SMILES string of the molecule is Cc1cc(N2CCN(CCF)CC2)ccc1N. The van der Waals surface area contributed by atoms with Gasteiger partial charge in [-0.2, -0.15) is 0 Å². The third kappa shape index (κ3) is 2.88. The summed E-state index contributed by atoms with van der Waals surface area (Å²) in [7, 11) is 0. The summed E-state index contributed by atoms with van der Waals surface area (Å²) in [6, 6.07) is 6.14. The first-order valence-electron chi connectivity index (χ1n) is 6.10. The maximum absolute atomic E-state index is 12.2. The van der Waals surface area contributed by atoms with Crippen LogP contribution >= 0.6 is 0 Å². The number of nitrogens with two attached hydrogens (primary N) is 1. The molecule has 0 aliphatic carbocycles. The van der Waals surface area contributed by atoms with E-state index in [2.05, 4.69) is 21.9 Å². The predicted octanol–water partition coefficient (Wildman–Crippen LogP) is 1.67. The van der Waals surface area contributed by atoms with Gasteiger partial charge < -0.3 is 10.6 Å². The van der Waals surface area contributed by atoms with E-state index in [1.807, 2.05) is 13.0 Å². The Bertz CT molecular complexity index is 373. The zero-order valence-corrected chi connectivity index (χ0v) is 10.3. The number of nitrogens with zero attached hydrogens (tertiary/aromatic N) is 2. The fourth-order valence-corrected chi connectivity index (χ4v) is 2.21. The highest BCUT2D eigenvalue weighted by Crippen LogP contribution is 2.21. The fraction of sp³-hybridized carbons (Fsp3) is 0.538. The molecular formula is C13H20FN3. The summed E-state index contributed by atoms with van der Waals surface area (Å²) in [4.78, 5) is 4.50. The number of hydrogen-bond donors (Lipinski definition) is 1. The summed E-state index contributed by atoms with van der Waals surface area (Å²) in [5, 5.41) is 0. The largest absolute Gasteiger partial charge is 0.399 e. The molecule has 1 fully saturated rings. The van der Waals surface area contributed by atoms with Crippen molar-refractivity contribution in [2.24, 2.45) is 0 Å². The molecule has 0 bridgehead atoms. The first-order valence-corrected chi connectivity index (χ1v) is 6.10. The molecule has 0 unspecified atom stereocenters. The van der Waals surface area contributed by atoms with E-state index in [0.717, 1.165) is 37.4 Å². The molecular weight excluding hydrogens is 217 g/mol. The Labute approximate surface area is 102 Å². The van der Waals surface area contributed by atoms with Crippen molar-refractivity contribution in [2.75, 3.05) is 50.0 Å². The van der Waals surface area contributed by atoms with Gasteiger partial charge in [-0.25, -0.2) is 4.39 Å². The van der Waals surface area contributed by atoms with Gasteiger partial charge in [0.25, 0.3) is 0 Å². The van der Waals surface area contributed by atoms with E-state index in [-0.39, 0.29) is 6.67 Å². The topological polar surface area (TPSA) is 32.5 Å². The molecule has 0 spiro atoms. The van der Waals surface area contributed by atoms with Crippen LogP contribution in [0.4, 0.5) is 15.8 Å². The molecule has 0 atom stereocenters. The van der Waals surface area contributed by atoms with E-state index in [1.165, 1.54) is 5.69 Å². The Balaban J connectivity index is 1.98. The molecule has 0 radical (unpaired) electrons. The molecule has 3 nitrogen and oxygen atoms in total. The van der Waals surface area contributed by atoms with Gasteiger partial charge in [0.05, 0.1) is 0 Å². The second-order valence-corrected chi connectivity index (χ2v) is 4.56. The Morgan fingerprint density at radius 1 is 1.24 bits per heavy atom. The lowest BCUT2D eigenvalue weighted by atomic mass is 10.1. The van der Waals surface area contributed by atoms with Crippen LogP contribution in [0.25, 0.3) is 0 Å². The number of rotatable bonds is 3. The Kier molecular flexibility index (Phi) is 3.84. The van der Waals surface area contributed by atoms with Gasteiger partial charge in [0.2, 0.25) is 0 Å². The van der Waals surface area contributed by atoms with Crippen molar-refractivity contribution < 1.29 is 4.39 Å². The predicted molar refractivity (Wildman–Crippen MR) is 70.2 cm³/mol. The summed E-state index contributed by atoms with van der Waals surface area (Å²) < 4.78 is 12.2. The number of benzene rings is 1. The smallest absolute Gasteiger partial charge is 0.102 e. The number of nitrogen functional groups attached to an aromatic ring is 1. The highest BCUT2D eigenvalue weighted by Gasteiger charge is 2.16. The molecule has 1 aromatic carbocycles. The van der Waals surface area contributed by atoms with Crippen LogP contribution in [0, 0.1) is 6.92 Å². The van der Waals surface area contributed by atoms with Crippen LogP contribution in [-0.4, -0.2) is 44.3 Å². The van der Waals surface area contributed by atoms with E-state index < -0.39 is 0 Å². The van der Waals surface area contributed by atoms with Crippen molar-refractivity contribution in [1.29, 1.82) is 0 Å². The minimum Gasteiger partial charge on any atom is -0.399 e. The Morgan fingerprint density at radius 2 is 1.94 bits per heavy atom. The molecule has 0 aromatic heterocycles. The fourth-order valence-electron chi connectivity index (χ4n) is 2.21. The van der Waals surface area contributed by atoms with Gasteiger partial charge in [0.15, 0.2) is 0 Å². The number of hydrogen-bond acceptors (Lipinski definition) is 3. The first kappa shape index (κ1) is 12.2. The normalized spacial score (nSPS) is 17.4. The van der Waals surface area contributed by atoms with Crippen molar-refractivity contribution in [2.45, 2.75) is 6.92 Å². The van der Waals surface area contributed by atoms with Crippen molar-refractivity contribution in [1.82, 2.24) is 4.90 Å². The average Bonchev–Trinajstić information content (AvgIpc) is 2.34. The van der Waals surface area contributed by atoms with Crippen LogP contribution in [0.15, 0.2) is 18.2 Å².